The van der Waals surface area contributed by atoms with Gasteiger partial charge in [-0.25, -0.2) is 14.6 Å². The van der Waals surface area contributed by atoms with E-state index in [2.05, 4.69) is 69.8 Å². The average Bonchev–Trinajstić information content (AvgIpc) is 3.45. The number of para-hydroxylation sites is 2. The van der Waals surface area contributed by atoms with E-state index in [0.717, 1.165) is 80.3 Å². The van der Waals surface area contributed by atoms with Crippen LogP contribution in [0.4, 0.5) is 0 Å². The number of ether oxygens (including phenoxy) is 1. The summed E-state index contributed by atoms with van der Waals surface area (Å²) in [6.45, 7) is 9.32. The first-order valence-electron chi connectivity index (χ1n) is 16.3. The van der Waals surface area contributed by atoms with E-state index in [0.29, 0.717) is 31.7 Å². The largest absolute Gasteiger partial charge is 0.494 e. The molecule has 0 aliphatic carbocycles. The Bertz CT molecular complexity index is 1660. The van der Waals surface area contributed by atoms with Crippen molar-refractivity contribution in [1.29, 1.82) is 0 Å². The highest BCUT2D eigenvalue weighted by Crippen LogP contribution is 2.20. The van der Waals surface area contributed by atoms with E-state index in [1.54, 1.807) is 0 Å². The molecule has 10 heteroatoms. The molecule has 1 aromatic heterocycles. The van der Waals surface area contributed by atoms with Gasteiger partial charge in [-0.05, 0) is 48.4 Å². The monoisotopic (exact) mass is 652 g/mol. The average molecular weight is 653 g/mol. The predicted octanol–water partition coefficient (Wildman–Crippen LogP) is 6.03. The Morgan fingerprint density at radius 2 is 1.48 bits per heavy atom. The van der Waals surface area contributed by atoms with E-state index >= 15 is 0 Å². The number of nitrogens with zero attached hydrogens (tertiary/aromatic N) is 4. The molecule has 1 aliphatic rings. The van der Waals surface area contributed by atoms with Gasteiger partial charge in [-0.1, -0.05) is 68.0 Å². The molecule has 4 aromatic rings. The van der Waals surface area contributed by atoms with Crippen molar-refractivity contribution in [2.24, 2.45) is 0 Å². The molecule has 5 rings (SSSR count). The van der Waals surface area contributed by atoms with Gasteiger partial charge in [0.1, 0.15) is 11.6 Å². The van der Waals surface area contributed by atoms with Gasteiger partial charge in [-0.15, -0.1) is 0 Å². The van der Waals surface area contributed by atoms with Crippen LogP contribution in [0.3, 0.4) is 0 Å². The number of aromatic nitrogens is 2. The number of carboxylic acids is 2. The molecular weight excluding hydrogens is 608 g/mol. The Morgan fingerprint density at radius 1 is 0.833 bits per heavy atom. The number of piperazine rings is 1. The van der Waals surface area contributed by atoms with Crippen LogP contribution in [0.15, 0.2) is 97.1 Å². The second-order valence-corrected chi connectivity index (χ2v) is 11.5. The molecule has 0 atom stereocenters. The number of unbranched alkanes of at least 4 members (excludes halogenated alkanes) is 1. The van der Waals surface area contributed by atoms with Gasteiger partial charge in [0.2, 0.25) is 0 Å². The third-order valence-corrected chi connectivity index (χ3v) is 7.91. The van der Waals surface area contributed by atoms with Crippen LogP contribution in [-0.4, -0.2) is 86.6 Å². The lowest BCUT2D eigenvalue weighted by molar-refractivity contribution is -0.134. The molecule has 3 aromatic carbocycles. The zero-order valence-electron chi connectivity index (χ0n) is 27.4. The summed E-state index contributed by atoms with van der Waals surface area (Å²) in [6.07, 6.45) is 8.14. The van der Waals surface area contributed by atoms with Crippen LogP contribution in [0.1, 0.15) is 47.9 Å². The Balaban J connectivity index is 0.000000579. The Labute approximate surface area is 281 Å². The Morgan fingerprint density at radius 3 is 2.15 bits per heavy atom. The number of carbonyl (C=O) groups is 3. The minimum absolute atomic E-state index is 0.140. The first-order valence-corrected chi connectivity index (χ1v) is 16.3. The number of carbonyl (C=O) groups excluding carboxylic acids is 1. The normalized spacial score (nSPS) is 13.9. The van der Waals surface area contributed by atoms with Crippen LogP contribution in [0.2, 0.25) is 0 Å². The zero-order chi connectivity index (χ0) is 34.1. The first-order chi connectivity index (χ1) is 23.3. The highest BCUT2D eigenvalue weighted by Gasteiger charge is 2.20. The number of fused-ring (bicyclic) bond motifs is 1. The molecule has 0 saturated carbocycles. The lowest BCUT2D eigenvalue weighted by Crippen LogP contribution is -2.46. The summed E-state index contributed by atoms with van der Waals surface area (Å²) in [5, 5.41) is 15.6. The minimum Gasteiger partial charge on any atom is -0.494 e. The summed E-state index contributed by atoms with van der Waals surface area (Å²) < 4.78 is 7.99. The van der Waals surface area contributed by atoms with Crippen LogP contribution in [0.5, 0.6) is 5.75 Å². The smallest absolute Gasteiger partial charge is 0.328 e. The summed E-state index contributed by atoms with van der Waals surface area (Å²) in [5.41, 5.74) is 4.05. The lowest BCUT2D eigenvalue weighted by atomic mass is 10.1. The molecule has 48 heavy (non-hydrogen) atoms. The van der Waals surface area contributed by atoms with Gasteiger partial charge < -0.3 is 19.5 Å². The maximum absolute atomic E-state index is 13.1. The molecule has 1 fully saturated rings. The zero-order valence-corrected chi connectivity index (χ0v) is 27.4. The number of ketones is 1. The minimum atomic E-state index is -1.26. The van der Waals surface area contributed by atoms with Crippen molar-refractivity contribution in [1.82, 2.24) is 19.4 Å². The SMILES string of the molecule is CCCCOc1ccc(C(=O)CCn2c(CN3CCN(CC=Cc4ccccc4)CC3)nc3ccccc32)cc1.O=C(O)C=CC(=O)O. The van der Waals surface area contributed by atoms with E-state index in [4.69, 9.17) is 19.9 Å². The molecule has 0 amide bonds. The van der Waals surface area contributed by atoms with Crippen molar-refractivity contribution in [2.75, 3.05) is 39.3 Å². The van der Waals surface area contributed by atoms with E-state index in [-0.39, 0.29) is 5.78 Å². The molecule has 0 bridgehead atoms. The highest BCUT2D eigenvalue weighted by molar-refractivity contribution is 5.96. The third kappa shape index (κ3) is 11.6. The van der Waals surface area contributed by atoms with Gasteiger partial charge in [-0.3, -0.25) is 14.6 Å². The quantitative estimate of drug-likeness (QED) is 0.0900. The maximum atomic E-state index is 13.1. The summed E-state index contributed by atoms with van der Waals surface area (Å²) in [5.74, 6) is -0.521. The lowest BCUT2D eigenvalue weighted by Gasteiger charge is -2.34. The Hall–Kier alpha value is -5.06. The third-order valence-electron chi connectivity index (χ3n) is 7.91. The molecule has 2 N–H and O–H groups in total. The maximum Gasteiger partial charge on any atom is 0.328 e. The van der Waals surface area contributed by atoms with Crippen molar-refractivity contribution in [3.63, 3.8) is 0 Å². The highest BCUT2D eigenvalue weighted by atomic mass is 16.5. The number of rotatable bonds is 15. The number of aryl methyl sites for hydroxylation is 1. The molecule has 0 radical (unpaired) electrons. The van der Waals surface area contributed by atoms with Crippen LogP contribution in [0.25, 0.3) is 17.1 Å². The van der Waals surface area contributed by atoms with Crippen molar-refractivity contribution >= 4 is 34.8 Å². The first kappa shape index (κ1) is 35.8. The number of hydrogen-bond donors (Lipinski definition) is 2. The molecule has 10 nitrogen and oxygen atoms in total. The van der Waals surface area contributed by atoms with Gasteiger partial charge in [-0.2, -0.15) is 0 Å². The number of Topliss-reactive ketones (excluding diaryl/α,β-unsaturated/α-hetero) is 1. The number of benzene rings is 3. The summed E-state index contributed by atoms with van der Waals surface area (Å²) in [6, 6.07) is 26.3. The number of imidazole rings is 1. The van der Waals surface area contributed by atoms with Crippen molar-refractivity contribution in [2.45, 2.75) is 39.3 Å². The van der Waals surface area contributed by atoms with Gasteiger partial charge >= 0.3 is 11.9 Å². The fraction of sp³-hybridized carbons (Fsp3) is 0.316. The number of carboxylic acid groups (broad SMARTS) is 2. The standard InChI is InChI=1S/C34H40N4O2.C4H4O4/c1-2-3-26-40-30-17-15-29(16-18-30)33(39)19-21-38-32-14-8-7-13-31(32)35-34(38)27-37-24-22-36(23-25-37)20-9-12-28-10-5-4-6-11-28;5-3(6)1-2-4(7)8/h4-18H,2-3,19-27H2,1H3;1-2H,(H,5,6)(H,7,8). The molecule has 1 aliphatic heterocycles. The van der Waals surface area contributed by atoms with E-state index < -0.39 is 11.9 Å². The van der Waals surface area contributed by atoms with Crippen molar-refractivity contribution < 1.29 is 29.3 Å². The Kier molecular flexibility index (Phi) is 14.1. The summed E-state index contributed by atoms with van der Waals surface area (Å²) in [4.78, 5) is 42.1. The van der Waals surface area contributed by atoms with Crippen molar-refractivity contribution in [3.8, 4) is 5.75 Å². The number of hydrogen-bond acceptors (Lipinski definition) is 7. The molecular formula is C38H44N4O6. The summed E-state index contributed by atoms with van der Waals surface area (Å²) in [7, 11) is 0. The number of aliphatic carboxylic acids is 2. The molecule has 0 unspecified atom stereocenters. The molecule has 252 valence electrons. The second kappa shape index (κ2) is 18.9. The summed E-state index contributed by atoms with van der Waals surface area (Å²) >= 11 is 0. The van der Waals surface area contributed by atoms with Gasteiger partial charge in [0.25, 0.3) is 0 Å². The van der Waals surface area contributed by atoms with Gasteiger partial charge in [0.05, 0.1) is 24.2 Å². The van der Waals surface area contributed by atoms with Gasteiger partial charge in [0.15, 0.2) is 5.78 Å². The van der Waals surface area contributed by atoms with Crippen LogP contribution in [-0.2, 0) is 22.7 Å². The fourth-order valence-corrected chi connectivity index (χ4v) is 5.30. The molecule has 1 saturated heterocycles. The van der Waals surface area contributed by atoms with Crippen LogP contribution in [0, 0.1) is 0 Å². The fourth-order valence-electron chi connectivity index (χ4n) is 5.30. The predicted molar refractivity (Wildman–Crippen MR) is 187 cm³/mol. The molecule has 0 spiro atoms. The second-order valence-electron chi connectivity index (χ2n) is 11.5. The van der Waals surface area contributed by atoms with Gasteiger partial charge in [0, 0.05) is 63.4 Å². The van der Waals surface area contributed by atoms with Crippen LogP contribution < -0.4 is 4.74 Å². The van der Waals surface area contributed by atoms with Crippen molar-refractivity contribution in [3.05, 3.63) is 114 Å². The van der Waals surface area contributed by atoms with E-state index in [1.165, 1.54) is 5.56 Å². The van der Waals surface area contributed by atoms with Crippen LogP contribution >= 0.6 is 0 Å². The topological polar surface area (TPSA) is 125 Å². The van der Waals surface area contributed by atoms with E-state index in [9.17, 15) is 14.4 Å². The van der Waals surface area contributed by atoms with E-state index in [1.807, 2.05) is 42.5 Å². The molecule has 2 heterocycles.